The normalized spacial score (nSPS) is 13.3. The minimum atomic E-state index is -0.464. The van der Waals surface area contributed by atoms with Crippen molar-refractivity contribution in [1.29, 1.82) is 0 Å². The molecule has 0 bridgehead atoms. The number of nitrogens with one attached hydrogen (secondary N) is 3. The van der Waals surface area contributed by atoms with Crippen LogP contribution in [-0.2, 0) is 6.42 Å². The van der Waals surface area contributed by atoms with Gasteiger partial charge in [0.15, 0.2) is 5.78 Å². The van der Waals surface area contributed by atoms with Gasteiger partial charge in [0.1, 0.15) is 5.69 Å². The molecule has 0 aliphatic heterocycles. The molecule has 1 aromatic carbocycles. The van der Waals surface area contributed by atoms with Crippen LogP contribution in [0, 0.1) is 6.92 Å². The molecule has 6 nitrogen and oxygen atoms in total. The third kappa shape index (κ3) is 2.88. The molecule has 3 rings (SSSR count). The Morgan fingerprint density at radius 2 is 1.74 bits per heavy atom. The number of aromatic nitrogens is 1. The van der Waals surface area contributed by atoms with Crippen LogP contribution in [0.15, 0.2) is 30.3 Å². The first-order valence-electron chi connectivity index (χ1n) is 7.48. The minimum Gasteiger partial charge on any atom is -0.354 e. The zero-order chi connectivity index (χ0) is 16.4. The van der Waals surface area contributed by atoms with E-state index in [0.29, 0.717) is 28.8 Å². The quantitative estimate of drug-likeness (QED) is 0.740. The smallest absolute Gasteiger partial charge is 0.286 e. The van der Waals surface area contributed by atoms with E-state index in [0.717, 1.165) is 18.5 Å². The molecular weight excluding hydrogens is 294 g/mol. The molecule has 0 fully saturated rings. The highest BCUT2D eigenvalue weighted by molar-refractivity contribution is 6.05. The van der Waals surface area contributed by atoms with Crippen LogP contribution in [0.3, 0.4) is 0 Å². The maximum Gasteiger partial charge on any atom is 0.286 e. The molecule has 1 aliphatic rings. The van der Waals surface area contributed by atoms with Crippen molar-refractivity contribution >= 4 is 17.6 Å². The highest BCUT2D eigenvalue weighted by Crippen LogP contribution is 2.26. The van der Waals surface area contributed by atoms with Gasteiger partial charge in [-0.2, -0.15) is 0 Å². The summed E-state index contributed by atoms with van der Waals surface area (Å²) in [6, 6.07) is 8.59. The maximum absolute atomic E-state index is 12.3. The number of hydrazine groups is 1. The lowest BCUT2D eigenvalue weighted by Crippen LogP contribution is -2.42. The molecule has 1 heterocycles. The van der Waals surface area contributed by atoms with Crippen LogP contribution in [0.1, 0.15) is 55.3 Å². The predicted molar refractivity (Wildman–Crippen MR) is 84.2 cm³/mol. The molecule has 1 aliphatic carbocycles. The van der Waals surface area contributed by atoms with E-state index in [4.69, 9.17) is 0 Å². The van der Waals surface area contributed by atoms with Crippen molar-refractivity contribution in [3.05, 3.63) is 58.4 Å². The van der Waals surface area contributed by atoms with E-state index in [1.807, 2.05) is 0 Å². The van der Waals surface area contributed by atoms with Crippen LogP contribution in [-0.4, -0.2) is 22.6 Å². The molecular formula is C17H17N3O3. The molecule has 23 heavy (non-hydrogen) atoms. The number of hydrogen-bond donors (Lipinski definition) is 3. The molecule has 2 amide bonds. The van der Waals surface area contributed by atoms with Crippen LogP contribution >= 0.6 is 0 Å². The number of carbonyl (C=O) groups is 3. The van der Waals surface area contributed by atoms with E-state index >= 15 is 0 Å². The average Bonchev–Trinajstić information content (AvgIpc) is 2.91. The maximum atomic E-state index is 12.3. The highest BCUT2D eigenvalue weighted by atomic mass is 16.2. The summed E-state index contributed by atoms with van der Waals surface area (Å²) in [6.45, 7) is 1.74. The molecule has 118 valence electrons. The number of fused-ring (bicyclic) bond motifs is 1. The van der Waals surface area contributed by atoms with Gasteiger partial charge in [-0.25, -0.2) is 0 Å². The molecule has 0 unspecified atom stereocenters. The third-order valence-corrected chi connectivity index (χ3v) is 3.99. The molecule has 3 N–H and O–H groups in total. The molecule has 0 saturated carbocycles. The Hall–Kier alpha value is -2.89. The largest absolute Gasteiger partial charge is 0.354 e. The van der Waals surface area contributed by atoms with Crippen molar-refractivity contribution in [3.8, 4) is 0 Å². The first-order chi connectivity index (χ1) is 11.1. The van der Waals surface area contributed by atoms with Gasteiger partial charge in [-0.15, -0.1) is 0 Å². The van der Waals surface area contributed by atoms with Gasteiger partial charge in [-0.05, 0) is 37.5 Å². The van der Waals surface area contributed by atoms with Crippen LogP contribution in [0.4, 0.5) is 0 Å². The van der Waals surface area contributed by atoms with Crippen molar-refractivity contribution in [2.45, 2.75) is 26.2 Å². The standard InChI is InChI=1S/C17H17N3O3/c1-10-14-12(8-5-9-13(14)21)18-15(10)17(23)20-19-16(22)11-6-3-2-4-7-11/h2-4,6-7,18H,5,8-9H2,1H3,(H,19,22)(H,20,23). The summed E-state index contributed by atoms with van der Waals surface area (Å²) < 4.78 is 0. The zero-order valence-corrected chi connectivity index (χ0v) is 12.7. The van der Waals surface area contributed by atoms with E-state index in [9.17, 15) is 14.4 Å². The van der Waals surface area contributed by atoms with Gasteiger partial charge in [0.25, 0.3) is 11.8 Å². The fraction of sp³-hybridized carbons (Fsp3) is 0.235. The summed E-state index contributed by atoms with van der Waals surface area (Å²) in [4.78, 5) is 39.2. The van der Waals surface area contributed by atoms with E-state index in [1.54, 1.807) is 37.3 Å². The Morgan fingerprint density at radius 1 is 1.04 bits per heavy atom. The van der Waals surface area contributed by atoms with Gasteiger partial charge in [0, 0.05) is 23.2 Å². The summed E-state index contributed by atoms with van der Waals surface area (Å²) in [7, 11) is 0. The Morgan fingerprint density at radius 3 is 2.43 bits per heavy atom. The van der Waals surface area contributed by atoms with Crippen molar-refractivity contribution in [1.82, 2.24) is 15.8 Å². The molecule has 6 heteroatoms. The van der Waals surface area contributed by atoms with Crippen LogP contribution < -0.4 is 10.9 Å². The first-order valence-corrected chi connectivity index (χ1v) is 7.48. The van der Waals surface area contributed by atoms with Crippen molar-refractivity contribution in [2.24, 2.45) is 0 Å². The number of aryl methyl sites for hydroxylation is 1. The molecule has 0 atom stereocenters. The van der Waals surface area contributed by atoms with E-state index in [1.165, 1.54) is 0 Å². The summed E-state index contributed by atoms with van der Waals surface area (Å²) in [5, 5.41) is 0. The second-order valence-electron chi connectivity index (χ2n) is 5.53. The predicted octanol–water partition coefficient (Wildman–Crippen LogP) is 1.92. The second-order valence-corrected chi connectivity index (χ2v) is 5.53. The Kier molecular flexibility index (Phi) is 3.97. The number of hydrogen-bond acceptors (Lipinski definition) is 3. The number of aromatic amines is 1. The molecule has 0 spiro atoms. The lowest BCUT2D eigenvalue weighted by Gasteiger charge is -2.09. The summed E-state index contributed by atoms with van der Waals surface area (Å²) >= 11 is 0. The highest BCUT2D eigenvalue weighted by Gasteiger charge is 2.26. The number of H-pyrrole nitrogens is 1. The van der Waals surface area contributed by atoms with Gasteiger partial charge >= 0.3 is 0 Å². The number of benzene rings is 1. The minimum absolute atomic E-state index is 0.0624. The lowest BCUT2D eigenvalue weighted by atomic mass is 9.94. The molecule has 1 aromatic heterocycles. The van der Waals surface area contributed by atoms with Crippen LogP contribution in [0.5, 0.6) is 0 Å². The topological polar surface area (TPSA) is 91.1 Å². The number of ketones is 1. The monoisotopic (exact) mass is 311 g/mol. The molecule has 0 saturated heterocycles. The van der Waals surface area contributed by atoms with Crippen LogP contribution in [0.25, 0.3) is 0 Å². The van der Waals surface area contributed by atoms with Gasteiger partial charge in [-0.3, -0.25) is 25.2 Å². The number of rotatable bonds is 2. The number of Topliss-reactive ketones (excluding diaryl/α,β-unsaturated/α-hetero) is 1. The first kappa shape index (κ1) is 15.0. The van der Waals surface area contributed by atoms with Gasteiger partial charge in [0.05, 0.1) is 0 Å². The van der Waals surface area contributed by atoms with Crippen LogP contribution in [0.2, 0.25) is 0 Å². The lowest BCUT2D eigenvalue weighted by molar-refractivity contribution is 0.0844. The second kappa shape index (κ2) is 6.08. The van der Waals surface area contributed by atoms with Gasteiger partial charge in [-0.1, -0.05) is 18.2 Å². The summed E-state index contributed by atoms with van der Waals surface area (Å²) in [5.41, 5.74) is 7.58. The SMILES string of the molecule is Cc1c(C(=O)NNC(=O)c2ccccc2)[nH]c2c1C(=O)CCC2. The van der Waals surface area contributed by atoms with Crippen molar-refractivity contribution in [3.63, 3.8) is 0 Å². The Labute approximate surface area is 133 Å². The fourth-order valence-electron chi connectivity index (χ4n) is 2.84. The average molecular weight is 311 g/mol. The summed E-state index contributed by atoms with van der Waals surface area (Å²) in [5.74, 6) is -0.801. The number of amides is 2. The zero-order valence-electron chi connectivity index (χ0n) is 12.7. The van der Waals surface area contributed by atoms with Gasteiger partial charge in [0.2, 0.25) is 0 Å². The molecule has 0 radical (unpaired) electrons. The van der Waals surface area contributed by atoms with Crippen molar-refractivity contribution in [2.75, 3.05) is 0 Å². The van der Waals surface area contributed by atoms with Crippen molar-refractivity contribution < 1.29 is 14.4 Å². The Bertz CT molecular complexity index is 778. The fourth-order valence-corrected chi connectivity index (χ4v) is 2.84. The molecule has 2 aromatic rings. The van der Waals surface area contributed by atoms with Gasteiger partial charge < -0.3 is 4.98 Å². The van der Waals surface area contributed by atoms with E-state index in [-0.39, 0.29) is 5.78 Å². The number of carbonyl (C=O) groups excluding carboxylic acids is 3. The van der Waals surface area contributed by atoms with E-state index in [2.05, 4.69) is 15.8 Å². The Balaban J connectivity index is 1.72. The summed E-state index contributed by atoms with van der Waals surface area (Å²) in [6.07, 6.45) is 2.06. The van der Waals surface area contributed by atoms with E-state index < -0.39 is 11.8 Å². The third-order valence-electron chi connectivity index (χ3n) is 3.99.